The standard InChI is InChI=1S/C2H2O4.Nb.H4Si/c3-1(4)2(5)6;;/h(H,3,4)(H,5,6);;1H4. The van der Waals surface area contributed by atoms with Crippen LogP contribution in [0, 0.1) is 0 Å². The van der Waals surface area contributed by atoms with Crippen molar-refractivity contribution in [2.75, 3.05) is 0 Å². The summed E-state index contributed by atoms with van der Waals surface area (Å²) in [6, 6.07) is 0. The van der Waals surface area contributed by atoms with Crippen molar-refractivity contribution in [2.45, 2.75) is 0 Å². The van der Waals surface area contributed by atoms with Crippen LogP contribution in [0.3, 0.4) is 0 Å². The smallest absolute Gasteiger partial charge is 0.414 e. The van der Waals surface area contributed by atoms with Gasteiger partial charge in [-0.1, -0.05) is 0 Å². The summed E-state index contributed by atoms with van der Waals surface area (Å²) >= 11 is 0. The zero-order chi connectivity index (χ0) is 5.15. The quantitative estimate of drug-likeness (QED) is 0.352. The first kappa shape index (κ1) is 15.7. The first-order chi connectivity index (χ1) is 2.64. The van der Waals surface area contributed by atoms with Crippen LogP contribution in [-0.4, -0.2) is 33.1 Å². The van der Waals surface area contributed by atoms with Gasteiger partial charge in [-0.05, 0) is 11.0 Å². The number of carboxylic acids is 2. The van der Waals surface area contributed by atoms with E-state index in [4.69, 9.17) is 19.8 Å². The van der Waals surface area contributed by atoms with Crippen LogP contribution in [0.5, 0.6) is 0 Å². The molecule has 0 aliphatic heterocycles. The summed E-state index contributed by atoms with van der Waals surface area (Å²) < 4.78 is 0. The second-order valence-corrected chi connectivity index (χ2v) is 0.610. The van der Waals surface area contributed by atoms with Crippen LogP contribution in [0.1, 0.15) is 0 Å². The third kappa shape index (κ3) is 9.31. The average Bonchev–Trinajstić information content (AvgIpc) is 1.36. The average molecular weight is 215 g/mol. The Bertz CT molecular complexity index is 80.0. The summed E-state index contributed by atoms with van der Waals surface area (Å²) in [4.78, 5) is 18.2. The molecular weight excluding hydrogens is 209 g/mol. The Labute approximate surface area is 65.4 Å². The molecule has 0 rings (SSSR count). The van der Waals surface area contributed by atoms with Gasteiger partial charge in [0.25, 0.3) is 0 Å². The first-order valence-electron chi connectivity index (χ1n) is 1.11. The van der Waals surface area contributed by atoms with Crippen molar-refractivity contribution in [3.63, 3.8) is 0 Å². The minimum Gasteiger partial charge on any atom is -0.473 e. The van der Waals surface area contributed by atoms with E-state index in [2.05, 4.69) is 0 Å². The Morgan fingerprint density at radius 1 is 1.00 bits per heavy atom. The van der Waals surface area contributed by atoms with Gasteiger partial charge in [0.05, 0.1) is 0 Å². The van der Waals surface area contributed by atoms with E-state index in [9.17, 15) is 0 Å². The molecule has 0 atom stereocenters. The summed E-state index contributed by atoms with van der Waals surface area (Å²) in [5.41, 5.74) is 0. The molecule has 0 aromatic heterocycles. The molecule has 47 valence electrons. The minimum absolute atomic E-state index is 0. The molecule has 0 aliphatic rings. The van der Waals surface area contributed by atoms with E-state index in [0.717, 1.165) is 0 Å². The van der Waals surface area contributed by atoms with Crippen LogP contribution >= 0.6 is 0 Å². The summed E-state index contributed by atoms with van der Waals surface area (Å²) in [6.07, 6.45) is 0. The second kappa shape index (κ2) is 6.90. The molecule has 0 fully saturated rings. The molecule has 0 spiro atoms. The molecule has 0 heterocycles. The second-order valence-electron chi connectivity index (χ2n) is 0.610. The SMILES string of the molecule is O=C(O)C(=O)O.[Nb].[SiH4]. The van der Waals surface area contributed by atoms with Gasteiger partial charge in [-0.15, -0.1) is 0 Å². The Hall–Kier alpha value is -0.103. The first-order valence-corrected chi connectivity index (χ1v) is 1.11. The number of aliphatic carboxylic acids is 2. The predicted octanol–water partition coefficient (Wildman–Crippen LogP) is -2.30. The van der Waals surface area contributed by atoms with Crippen molar-refractivity contribution in [2.24, 2.45) is 0 Å². The van der Waals surface area contributed by atoms with Gasteiger partial charge in [0, 0.05) is 22.4 Å². The largest absolute Gasteiger partial charge is 0.473 e. The molecule has 0 amide bonds. The van der Waals surface area contributed by atoms with Crippen LogP contribution in [0.25, 0.3) is 0 Å². The summed E-state index contributed by atoms with van der Waals surface area (Å²) in [5.74, 6) is -3.65. The van der Waals surface area contributed by atoms with Crippen molar-refractivity contribution >= 4 is 22.9 Å². The molecule has 0 aromatic carbocycles. The van der Waals surface area contributed by atoms with Gasteiger partial charge in [-0.3, -0.25) is 0 Å². The van der Waals surface area contributed by atoms with Crippen molar-refractivity contribution < 1.29 is 42.2 Å². The fourth-order valence-corrected chi connectivity index (χ4v) is 0. The van der Waals surface area contributed by atoms with Crippen molar-refractivity contribution in [3.8, 4) is 0 Å². The summed E-state index contributed by atoms with van der Waals surface area (Å²) in [7, 11) is 0. The van der Waals surface area contributed by atoms with Crippen LogP contribution in [0.4, 0.5) is 0 Å². The summed E-state index contributed by atoms with van der Waals surface area (Å²) in [6.45, 7) is 0. The molecule has 8 heavy (non-hydrogen) atoms. The number of hydrogen-bond acceptors (Lipinski definition) is 2. The number of carboxylic acid groups (broad SMARTS) is 2. The molecule has 0 unspecified atom stereocenters. The predicted molar refractivity (Wildman–Crippen MR) is 26.6 cm³/mol. The zero-order valence-corrected chi connectivity index (χ0v) is 5.36. The van der Waals surface area contributed by atoms with E-state index in [1.165, 1.54) is 0 Å². The molecule has 0 aromatic rings. The maximum atomic E-state index is 9.10. The normalized spacial score (nSPS) is 5.50. The van der Waals surface area contributed by atoms with Gasteiger partial charge >= 0.3 is 11.9 Å². The summed E-state index contributed by atoms with van der Waals surface area (Å²) in [5, 5.41) is 14.8. The molecule has 2 N–H and O–H groups in total. The maximum absolute atomic E-state index is 9.10. The van der Waals surface area contributed by atoms with Gasteiger partial charge in [0.15, 0.2) is 0 Å². The molecule has 1 radical (unpaired) electrons. The Kier molecular flexibility index (Phi) is 13.5. The Morgan fingerprint density at radius 3 is 1.12 bits per heavy atom. The van der Waals surface area contributed by atoms with Gasteiger partial charge in [0.2, 0.25) is 0 Å². The van der Waals surface area contributed by atoms with Crippen molar-refractivity contribution in [3.05, 3.63) is 0 Å². The number of hydrogen-bond donors (Lipinski definition) is 2. The Morgan fingerprint density at radius 2 is 1.12 bits per heavy atom. The van der Waals surface area contributed by atoms with Crippen LogP contribution in [0.2, 0.25) is 0 Å². The number of rotatable bonds is 0. The van der Waals surface area contributed by atoms with Gasteiger partial charge in [-0.2, -0.15) is 0 Å². The monoisotopic (exact) mass is 215 g/mol. The topological polar surface area (TPSA) is 74.6 Å². The van der Waals surface area contributed by atoms with Crippen molar-refractivity contribution in [1.82, 2.24) is 0 Å². The van der Waals surface area contributed by atoms with E-state index in [0.29, 0.717) is 0 Å². The van der Waals surface area contributed by atoms with Gasteiger partial charge in [0.1, 0.15) is 0 Å². The van der Waals surface area contributed by atoms with Crippen molar-refractivity contribution in [1.29, 1.82) is 0 Å². The van der Waals surface area contributed by atoms with E-state index in [1.807, 2.05) is 0 Å². The van der Waals surface area contributed by atoms with Crippen LogP contribution in [0.15, 0.2) is 0 Å². The third-order valence-electron chi connectivity index (χ3n) is 0.183. The Balaban J connectivity index is -0.000000125. The molecule has 6 heteroatoms. The van der Waals surface area contributed by atoms with E-state index >= 15 is 0 Å². The van der Waals surface area contributed by atoms with Gasteiger partial charge in [-0.25, -0.2) is 9.59 Å². The van der Waals surface area contributed by atoms with E-state index in [-0.39, 0.29) is 33.3 Å². The van der Waals surface area contributed by atoms with E-state index < -0.39 is 11.9 Å². The number of carbonyl (C=O) groups is 2. The maximum Gasteiger partial charge on any atom is 0.414 e. The molecule has 0 saturated heterocycles. The van der Waals surface area contributed by atoms with E-state index in [1.54, 1.807) is 0 Å². The molecule has 0 bridgehead atoms. The third-order valence-corrected chi connectivity index (χ3v) is 0.183. The molecular formula is C2H6NbO4Si. The van der Waals surface area contributed by atoms with Gasteiger partial charge < -0.3 is 10.2 Å². The van der Waals surface area contributed by atoms with Crippen LogP contribution in [-0.2, 0) is 32.0 Å². The molecule has 4 nitrogen and oxygen atoms in total. The van der Waals surface area contributed by atoms with Crippen LogP contribution < -0.4 is 0 Å². The zero-order valence-electron chi connectivity index (χ0n) is 3.16. The molecule has 0 aliphatic carbocycles. The molecule has 0 saturated carbocycles. The minimum atomic E-state index is -1.82. The fourth-order valence-electron chi connectivity index (χ4n) is 0. The fraction of sp³-hybridized carbons (Fsp3) is 0.